The van der Waals surface area contributed by atoms with E-state index in [-0.39, 0.29) is 5.82 Å². The van der Waals surface area contributed by atoms with Gasteiger partial charge in [0.2, 0.25) is 0 Å². The van der Waals surface area contributed by atoms with E-state index >= 15 is 0 Å². The van der Waals surface area contributed by atoms with Crippen LogP contribution in [0, 0.1) is 5.82 Å². The fourth-order valence-electron chi connectivity index (χ4n) is 1.13. The molecule has 0 saturated carbocycles. The molecule has 1 atom stereocenters. The molecular formula is C10H13FOS. The molecule has 72 valence electrons. The highest BCUT2D eigenvalue weighted by atomic mass is 32.2. The van der Waals surface area contributed by atoms with E-state index in [1.54, 1.807) is 24.8 Å². The highest BCUT2D eigenvalue weighted by Gasteiger charge is 2.08. The average Bonchev–Trinajstić information content (AvgIpc) is 2.08. The van der Waals surface area contributed by atoms with E-state index in [2.05, 4.69) is 0 Å². The van der Waals surface area contributed by atoms with E-state index in [9.17, 15) is 9.50 Å². The normalized spacial score (nSPS) is 12.9. The molecule has 0 saturated heterocycles. The number of benzene rings is 1. The molecular weight excluding hydrogens is 187 g/mol. The first-order valence-electron chi connectivity index (χ1n) is 4.25. The van der Waals surface area contributed by atoms with Crippen LogP contribution in [-0.2, 0) is 0 Å². The zero-order chi connectivity index (χ0) is 9.84. The van der Waals surface area contributed by atoms with Gasteiger partial charge in [-0.05, 0) is 36.4 Å². The van der Waals surface area contributed by atoms with Crippen LogP contribution in [0.3, 0.4) is 0 Å². The van der Waals surface area contributed by atoms with Crippen LogP contribution >= 0.6 is 11.8 Å². The molecule has 13 heavy (non-hydrogen) atoms. The Labute approximate surface area is 82.0 Å². The fourth-order valence-corrected chi connectivity index (χ4v) is 2.00. The summed E-state index contributed by atoms with van der Waals surface area (Å²) in [6.07, 6.45) is -0.607. The van der Waals surface area contributed by atoms with Gasteiger partial charge >= 0.3 is 0 Å². The third-order valence-electron chi connectivity index (χ3n) is 1.72. The van der Waals surface area contributed by atoms with Crippen LogP contribution in [0.1, 0.15) is 25.5 Å². The number of rotatable bonds is 3. The van der Waals surface area contributed by atoms with Crippen LogP contribution in [0.15, 0.2) is 23.1 Å². The summed E-state index contributed by atoms with van der Waals surface area (Å²) in [7, 11) is 0. The molecule has 1 aromatic carbocycles. The summed E-state index contributed by atoms with van der Waals surface area (Å²) in [5, 5.41) is 9.38. The van der Waals surface area contributed by atoms with Crippen LogP contribution in [-0.4, -0.2) is 10.9 Å². The van der Waals surface area contributed by atoms with Crippen LogP contribution in [0.4, 0.5) is 4.39 Å². The van der Waals surface area contributed by atoms with Crippen molar-refractivity contribution >= 4 is 11.8 Å². The number of aliphatic hydroxyl groups excluding tert-OH is 1. The summed E-state index contributed by atoms with van der Waals surface area (Å²) in [5.41, 5.74) is 0.673. The Kier molecular flexibility index (Phi) is 3.75. The summed E-state index contributed by atoms with van der Waals surface area (Å²) in [5.74, 6) is 0.627. The lowest BCUT2D eigenvalue weighted by Gasteiger charge is -2.10. The lowest BCUT2D eigenvalue weighted by Crippen LogP contribution is -1.95. The Balaban J connectivity index is 3.03. The predicted octanol–water partition coefficient (Wildman–Crippen LogP) is 2.99. The Morgan fingerprint density at radius 2 is 2.23 bits per heavy atom. The van der Waals surface area contributed by atoms with Crippen LogP contribution in [0.5, 0.6) is 0 Å². The van der Waals surface area contributed by atoms with Crippen molar-refractivity contribution in [2.75, 3.05) is 5.75 Å². The molecule has 0 unspecified atom stereocenters. The third-order valence-corrected chi connectivity index (χ3v) is 2.69. The van der Waals surface area contributed by atoms with Gasteiger partial charge in [-0.3, -0.25) is 0 Å². The second kappa shape index (κ2) is 4.63. The predicted molar refractivity (Wildman–Crippen MR) is 53.4 cm³/mol. The molecule has 0 aliphatic carbocycles. The highest BCUT2D eigenvalue weighted by Crippen LogP contribution is 2.27. The topological polar surface area (TPSA) is 20.2 Å². The van der Waals surface area contributed by atoms with Crippen LogP contribution in [0.25, 0.3) is 0 Å². The Hall–Kier alpha value is -0.540. The molecule has 1 nitrogen and oxygen atoms in total. The van der Waals surface area contributed by atoms with Crippen molar-refractivity contribution in [2.24, 2.45) is 0 Å². The summed E-state index contributed by atoms with van der Waals surface area (Å²) in [6, 6.07) is 4.53. The first kappa shape index (κ1) is 10.5. The molecule has 0 amide bonds. The number of hydrogen-bond donors (Lipinski definition) is 1. The second-order valence-corrected chi connectivity index (χ2v) is 4.10. The van der Waals surface area contributed by atoms with Crippen molar-refractivity contribution in [3.05, 3.63) is 29.6 Å². The van der Waals surface area contributed by atoms with Gasteiger partial charge in [-0.25, -0.2) is 4.39 Å². The molecule has 3 heteroatoms. The molecule has 1 N–H and O–H groups in total. The van der Waals surface area contributed by atoms with Crippen LogP contribution < -0.4 is 0 Å². The second-order valence-electron chi connectivity index (χ2n) is 2.79. The fraction of sp³-hybridized carbons (Fsp3) is 0.400. The highest BCUT2D eigenvalue weighted by molar-refractivity contribution is 7.99. The SMILES string of the molecule is CCSc1ccc(F)cc1[C@H](C)O. The van der Waals surface area contributed by atoms with Gasteiger partial charge in [-0.2, -0.15) is 0 Å². The van der Waals surface area contributed by atoms with E-state index in [0.717, 1.165) is 10.6 Å². The average molecular weight is 200 g/mol. The maximum Gasteiger partial charge on any atom is 0.123 e. The lowest BCUT2D eigenvalue weighted by molar-refractivity contribution is 0.196. The summed E-state index contributed by atoms with van der Waals surface area (Å²) < 4.78 is 12.8. The maximum atomic E-state index is 12.8. The number of halogens is 1. The zero-order valence-corrected chi connectivity index (χ0v) is 8.57. The van der Waals surface area contributed by atoms with E-state index < -0.39 is 6.10 Å². The van der Waals surface area contributed by atoms with Crippen LogP contribution in [0.2, 0.25) is 0 Å². The van der Waals surface area contributed by atoms with Gasteiger partial charge in [0.05, 0.1) is 6.10 Å². The molecule has 0 aromatic heterocycles. The van der Waals surface area contributed by atoms with Gasteiger partial charge in [0.1, 0.15) is 5.82 Å². The van der Waals surface area contributed by atoms with Gasteiger partial charge in [-0.15, -0.1) is 11.8 Å². The molecule has 1 aromatic rings. The molecule has 1 rings (SSSR count). The first-order valence-corrected chi connectivity index (χ1v) is 5.24. The molecule has 0 aliphatic heterocycles. The maximum absolute atomic E-state index is 12.8. The molecule has 0 bridgehead atoms. The van der Waals surface area contributed by atoms with Crippen molar-refractivity contribution in [1.82, 2.24) is 0 Å². The van der Waals surface area contributed by atoms with Gasteiger partial charge in [0, 0.05) is 4.90 Å². The number of thioether (sulfide) groups is 1. The van der Waals surface area contributed by atoms with Crippen molar-refractivity contribution < 1.29 is 9.50 Å². The zero-order valence-electron chi connectivity index (χ0n) is 7.75. The van der Waals surface area contributed by atoms with Crippen molar-refractivity contribution in [3.63, 3.8) is 0 Å². The Morgan fingerprint density at radius 3 is 2.77 bits per heavy atom. The van der Waals surface area contributed by atoms with Gasteiger partial charge < -0.3 is 5.11 Å². The Bertz CT molecular complexity index is 286. The van der Waals surface area contributed by atoms with Gasteiger partial charge in [0.25, 0.3) is 0 Å². The molecule has 0 spiro atoms. The smallest absolute Gasteiger partial charge is 0.123 e. The minimum atomic E-state index is -0.607. The molecule has 0 heterocycles. The van der Waals surface area contributed by atoms with E-state index in [0.29, 0.717) is 5.56 Å². The van der Waals surface area contributed by atoms with Crippen molar-refractivity contribution in [3.8, 4) is 0 Å². The molecule has 0 aliphatic rings. The van der Waals surface area contributed by atoms with E-state index in [1.165, 1.54) is 12.1 Å². The monoisotopic (exact) mass is 200 g/mol. The van der Waals surface area contributed by atoms with Crippen molar-refractivity contribution in [2.45, 2.75) is 24.8 Å². The minimum Gasteiger partial charge on any atom is -0.389 e. The number of hydrogen-bond acceptors (Lipinski definition) is 2. The van der Waals surface area contributed by atoms with Gasteiger partial charge in [-0.1, -0.05) is 6.92 Å². The summed E-state index contributed by atoms with van der Waals surface area (Å²) in [4.78, 5) is 0.957. The molecule has 0 fully saturated rings. The summed E-state index contributed by atoms with van der Waals surface area (Å²) >= 11 is 1.61. The largest absolute Gasteiger partial charge is 0.389 e. The minimum absolute atomic E-state index is 0.295. The van der Waals surface area contributed by atoms with E-state index in [4.69, 9.17) is 0 Å². The van der Waals surface area contributed by atoms with Gasteiger partial charge in [0.15, 0.2) is 0 Å². The Morgan fingerprint density at radius 1 is 1.54 bits per heavy atom. The number of aliphatic hydroxyl groups is 1. The van der Waals surface area contributed by atoms with E-state index in [1.807, 2.05) is 6.92 Å². The van der Waals surface area contributed by atoms with Crippen molar-refractivity contribution in [1.29, 1.82) is 0 Å². The molecule has 0 radical (unpaired) electrons. The third kappa shape index (κ3) is 2.71. The lowest BCUT2D eigenvalue weighted by atomic mass is 10.1. The first-order chi connectivity index (χ1) is 6.15. The quantitative estimate of drug-likeness (QED) is 0.757. The standard InChI is InChI=1S/C10H13FOS/c1-3-13-10-5-4-8(11)6-9(10)7(2)12/h4-7,12H,3H2,1-2H3/t7-/m0/s1. The summed E-state index contributed by atoms with van der Waals surface area (Å²) in [6.45, 7) is 3.67.